The van der Waals surface area contributed by atoms with E-state index in [1.54, 1.807) is 0 Å². The quantitative estimate of drug-likeness (QED) is 0.401. The standard InChI is InChI=1S/C12H26S/c1-3-5-6-7-8-9-11-12(13)10-4-2/h12-13H,3-11H2,1-2H3. The Kier molecular flexibility index (Phi) is 10.7. The molecule has 0 radical (unpaired) electrons. The van der Waals surface area contributed by atoms with Crippen LogP contribution < -0.4 is 0 Å². The Morgan fingerprint density at radius 3 is 2.00 bits per heavy atom. The van der Waals surface area contributed by atoms with E-state index >= 15 is 0 Å². The third-order valence-electron chi connectivity index (χ3n) is 2.51. The highest BCUT2D eigenvalue weighted by Gasteiger charge is 2.00. The summed E-state index contributed by atoms with van der Waals surface area (Å²) in [5.74, 6) is 0. The van der Waals surface area contributed by atoms with Crippen molar-refractivity contribution in [1.82, 2.24) is 0 Å². The van der Waals surface area contributed by atoms with Crippen LogP contribution in [0.2, 0.25) is 0 Å². The van der Waals surface area contributed by atoms with Gasteiger partial charge in [-0.3, -0.25) is 0 Å². The molecular formula is C12H26S. The minimum absolute atomic E-state index is 0.663. The van der Waals surface area contributed by atoms with Gasteiger partial charge in [0.05, 0.1) is 0 Å². The average molecular weight is 202 g/mol. The van der Waals surface area contributed by atoms with E-state index < -0.39 is 0 Å². The molecular weight excluding hydrogens is 176 g/mol. The molecule has 1 atom stereocenters. The molecule has 0 amide bonds. The molecule has 0 aliphatic rings. The first-order valence-electron chi connectivity index (χ1n) is 5.99. The fourth-order valence-corrected chi connectivity index (χ4v) is 2.08. The summed E-state index contributed by atoms with van der Waals surface area (Å²) in [5.41, 5.74) is 0. The Balaban J connectivity index is 2.97. The zero-order valence-electron chi connectivity index (χ0n) is 9.39. The summed E-state index contributed by atoms with van der Waals surface area (Å²) in [6, 6.07) is 0. The van der Waals surface area contributed by atoms with Crippen LogP contribution in [0.15, 0.2) is 0 Å². The molecule has 0 N–H and O–H groups in total. The van der Waals surface area contributed by atoms with Crippen molar-refractivity contribution in [3.05, 3.63) is 0 Å². The molecule has 0 aromatic carbocycles. The number of hydrogen-bond acceptors (Lipinski definition) is 1. The van der Waals surface area contributed by atoms with Crippen molar-refractivity contribution in [3.8, 4) is 0 Å². The van der Waals surface area contributed by atoms with Gasteiger partial charge < -0.3 is 0 Å². The minimum atomic E-state index is 0.663. The van der Waals surface area contributed by atoms with Gasteiger partial charge in [0.1, 0.15) is 0 Å². The fourth-order valence-electron chi connectivity index (χ4n) is 1.64. The van der Waals surface area contributed by atoms with E-state index in [1.165, 1.54) is 57.8 Å². The van der Waals surface area contributed by atoms with Crippen molar-refractivity contribution in [2.45, 2.75) is 76.9 Å². The highest BCUT2D eigenvalue weighted by atomic mass is 32.1. The first kappa shape index (κ1) is 13.4. The van der Waals surface area contributed by atoms with E-state index in [2.05, 4.69) is 26.5 Å². The molecule has 0 bridgehead atoms. The predicted octanol–water partition coefficient (Wildman–Crippen LogP) is 4.84. The summed E-state index contributed by atoms with van der Waals surface area (Å²) < 4.78 is 0. The number of rotatable bonds is 9. The third kappa shape index (κ3) is 10.3. The number of unbranched alkanes of at least 4 members (excludes halogenated alkanes) is 5. The second-order valence-corrected chi connectivity index (χ2v) is 4.73. The molecule has 0 aliphatic carbocycles. The molecule has 1 unspecified atom stereocenters. The second-order valence-electron chi connectivity index (χ2n) is 4.00. The monoisotopic (exact) mass is 202 g/mol. The van der Waals surface area contributed by atoms with Crippen LogP contribution in [0.25, 0.3) is 0 Å². The van der Waals surface area contributed by atoms with Gasteiger partial charge in [0.25, 0.3) is 0 Å². The molecule has 0 aromatic heterocycles. The van der Waals surface area contributed by atoms with Gasteiger partial charge in [0.15, 0.2) is 0 Å². The molecule has 0 saturated heterocycles. The van der Waals surface area contributed by atoms with Crippen molar-refractivity contribution in [1.29, 1.82) is 0 Å². The molecule has 0 spiro atoms. The van der Waals surface area contributed by atoms with Crippen LogP contribution >= 0.6 is 12.6 Å². The maximum atomic E-state index is 4.55. The molecule has 13 heavy (non-hydrogen) atoms. The van der Waals surface area contributed by atoms with Gasteiger partial charge >= 0.3 is 0 Å². The zero-order chi connectivity index (χ0) is 9.94. The van der Waals surface area contributed by atoms with Gasteiger partial charge in [0, 0.05) is 5.25 Å². The lowest BCUT2D eigenvalue weighted by molar-refractivity contribution is 0.570. The molecule has 0 aromatic rings. The van der Waals surface area contributed by atoms with E-state index in [0.29, 0.717) is 5.25 Å². The van der Waals surface area contributed by atoms with Crippen LogP contribution in [0.5, 0.6) is 0 Å². The maximum absolute atomic E-state index is 4.55. The third-order valence-corrected chi connectivity index (χ3v) is 3.03. The summed E-state index contributed by atoms with van der Waals surface area (Å²) >= 11 is 4.55. The zero-order valence-corrected chi connectivity index (χ0v) is 10.3. The van der Waals surface area contributed by atoms with E-state index in [0.717, 1.165) is 0 Å². The van der Waals surface area contributed by atoms with Crippen LogP contribution in [-0.4, -0.2) is 5.25 Å². The van der Waals surface area contributed by atoms with E-state index in [4.69, 9.17) is 0 Å². The average Bonchev–Trinajstić information content (AvgIpc) is 2.11. The van der Waals surface area contributed by atoms with Crippen LogP contribution in [0.4, 0.5) is 0 Å². The highest BCUT2D eigenvalue weighted by Crippen LogP contribution is 2.14. The van der Waals surface area contributed by atoms with Crippen molar-refractivity contribution >= 4 is 12.6 Å². The first-order chi connectivity index (χ1) is 6.31. The van der Waals surface area contributed by atoms with Gasteiger partial charge in [0.2, 0.25) is 0 Å². The van der Waals surface area contributed by atoms with Crippen LogP contribution in [0, 0.1) is 0 Å². The van der Waals surface area contributed by atoms with Crippen molar-refractivity contribution < 1.29 is 0 Å². The molecule has 0 heterocycles. The second kappa shape index (κ2) is 10.4. The van der Waals surface area contributed by atoms with Crippen LogP contribution in [0.3, 0.4) is 0 Å². The fraction of sp³-hybridized carbons (Fsp3) is 1.00. The molecule has 80 valence electrons. The lowest BCUT2D eigenvalue weighted by Gasteiger charge is -2.08. The van der Waals surface area contributed by atoms with E-state index in [9.17, 15) is 0 Å². The molecule has 0 aliphatic heterocycles. The molecule has 1 heteroatoms. The summed E-state index contributed by atoms with van der Waals surface area (Å²) in [6.45, 7) is 4.51. The van der Waals surface area contributed by atoms with Gasteiger partial charge in [-0.05, 0) is 12.8 Å². The summed E-state index contributed by atoms with van der Waals surface area (Å²) in [4.78, 5) is 0. The van der Waals surface area contributed by atoms with Crippen LogP contribution in [-0.2, 0) is 0 Å². The van der Waals surface area contributed by atoms with Gasteiger partial charge in [-0.1, -0.05) is 58.8 Å². The van der Waals surface area contributed by atoms with Gasteiger partial charge in [-0.15, -0.1) is 0 Å². The first-order valence-corrected chi connectivity index (χ1v) is 6.51. The van der Waals surface area contributed by atoms with Gasteiger partial charge in [-0.2, -0.15) is 12.6 Å². The lowest BCUT2D eigenvalue weighted by atomic mass is 10.1. The van der Waals surface area contributed by atoms with E-state index in [1.807, 2.05) is 0 Å². The summed E-state index contributed by atoms with van der Waals surface area (Å²) in [6.07, 6.45) is 12.3. The van der Waals surface area contributed by atoms with Crippen molar-refractivity contribution in [2.24, 2.45) is 0 Å². The number of thiol groups is 1. The molecule has 0 fully saturated rings. The Bertz CT molecular complexity index is 91.1. The van der Waals surface area contributed by atoms with Crippen molar-refractivity contribution in [2.75, 3.05) is 0 Å². The topological polar surface area (TPSA) is 0 Å². The Morgan fingerprint density at radius 2 is 1.38 bits per heavy atom. The molecule has 0 nitrogen and oxygen atoms in total. The SMILES string of the molecule is CCCCCCCCC(S)CCC. The predicted molar refractivity (Wildman–Crippen MR) is 65.7 cm³/mol. The largest absolute Gasteiger partial charge is 0.176 e. The molecule has 0 rings (SSSR count). The normalized spacial score (nSPS) is 13.2. The Hall–Kier alpha value is 0.350. The smallest absolute Gasteiger partial charge is 0.00167 e. The highest BCUT2D eigenvalue weighted by molar-refractivity contribution is 7.80. The number of hydrogen-bond donors (Lipinski definition) is 1. The maximum Gasteiger partial charge on any atom is 0.00167 e. The van der Waals surface area contributed by atoms with E-state index in [-0.39, 0.29) is 0 Å². The molecule has 0 saturated carbocycles. The Morgan fingerprint density at radius 1 is 0.769 bits per heavy atom. The minimum Gasteiger partial charge on any atom is -0.176 e. The van der Waals surface area contributed by atoms with Gasteiger partial charge in [-0.25, -0.2) is 0 Å². The van der Waals surface area contributed by atoms with Crippen LogP contribution in [0.1, 0.15) is 71.6 Å². The summed E-state index contributed by atoms with van der Waals surface area (Å²) in [7, 11) is 0. The lowest BCUT2D eigenvalue weighted by Crippen LogP contribution is -1.97. The Labute approximate surface area is 89.9 Å². The van der Waals surface area contributed by atoms with Crippen molar-refractivity contribution in [3.63, 3.8) is 0 Å². The summed E-state index contributed by atoms with van der Waals surface area (Å²) in [5, 5.41) is 0.663.